The van der Waals surface area contributed by atoms with Gasteiger partial charge >= 0.3 is 0 Å². The molecule has 0 saturated carbocycles. The van der Waals surface area contributed by atoms with Crippen LogP contribution in [0.2, 0.25) is 0 Å². The lowest BCUT2D eigenvalue weighted by molar-refractivity contribution is 0.111. The lowest BCUT2D eigenvalue weighted by Crippen LogP contribution is -1.94. The Bertz CT molecular complexity index is 548. The zero-order chi connectivity index (χ0) is 10.1. The van der Waals surface area contributed by atoms with Crippen LogP contribution >= 0.6 is 0 Å². The van der Waals surface area contributed by atoms with Crippen molar-refractivity contribution in [2.75, 3.05) is 0 Å². The summed E-state index contributed by atoms with van der Waals surface area (Å²) >= 11 is 0. The summed E-state index contributed by atoms with van der Waals surface area (Å²) in [5.41, 5.74) is 2.10. The number of benzene rings is 1. The third-order valence-electron chi connectivity index (χ3n) is 2.15. The van der Waals surface area contributed by atoms with E-state index in [1.54, 1.807) is 29.8 Å². The summed E-state index contributed by atoms with van der Waals surface area (Å²) in [5, 5.41) is 8.70. The molecule has 4 nitrogen and oxygen atoms in total. The molecule has 2 rings (SSSR count). The molecule has 0 aliphatic rings. The predicted octanol–water partition coefficient (Wildman–Crippen LogP) is 1.26. The average molecular weight is 185 g/mol. The molecule has 0 fully saturated rings. The van der Waals surface area contributed by atoms with Gasteiger partial charge in [-0.15, -0.1) is 0 Å². The maximum atomic E-state index is 10.6. The Hall–Kier alpha value is -2.15. The number of hydrogen-bond donors (Lipinski definition) is 0. The van der Waals surface area contributed by atoms with E-state index in [0.29, 0.717) is 17.7 Å². The fourth-order valence-electron chi connectivity index (χ4n) is 1.38. The molecule has 4 heteroatoms. The summed E-state index contributed by atoms with van der Waals surface area (Å²) in [6.07, 6.45) is 0.700. The van der Waals surface area contributed by atoms with E-state index in [4.69, 9.17) is 5.26 Å². The van der Waals surface area contributed by atoms with Gasteiger partial charge in [-0.2, -0.15) is 5.26 Å². The smallest absolute Gasteiger partial charge is 0.185 e. The molecule has 0 atom stereocenters. The lowest BCUT2D eigenvalue weighted by Gasteiger charge is -1.95. The summed E-state index contributed by atoms with van der Waals surface area (Å²) in [6.45, 7) is 0. The van der Waals surface area contributed by atoms with E-state index in [-0.39, 0.29) is 0 Å². The van der Waals surface area contributed by atoms with Crippen LogP contribution in [0, 0.1) is 11.3 Å². The maximum Gasteiger partial charge on any atom is 0.185 e. The van der Waals surface area contributed by atoms with Crippen molar-refractivity contribution in [3.63, 3.8) is 0 Å². The SMILES string of the molecule is Cn1c(C=O)nc2ccc(C#N)cc21. The van der Waals surface area contributed by atoms with E-state index in [1.807, 2.05) is 6.07 Å². The molecule has 1 aromatic heterocycles. The van der Waals surface area contributed by atoms with E-state index >= 15 is 0 Å². The zero-order valence-corrected chi connectivity index (χ0v) is 7.56. The van der Waals surface area contributed by atoms with E-state index in [1.165, 1.54) is 0 Å². The number of nitriles is 1. The largest absolute Gasteiger partial charge is 0.325 e. The lowest BCUT2D eigenvalue weighted by atomic mass is 10.2. The van der Waals surface area contributed by atoms with Crippen molar-refractivity contribution in [3.05, 3.63) is 29.6 Å². The quantitative estimate of drug-likeness (QED) is 0.628. The highest BCUT2D eigenvalue weighted by molar-refractivity contribution is 5.83. The van der Waals surface area contributed by atoms with Crippen LogP contribution in [0.15, 0.2) is 18.2 Å². The van der Waals surface area contributed by atoms with Crippen molar-refractivity contribution < 1.29 is 4.79 Å². The molecular weight excluding hydrogens is 178 g/mol. The van der Waals surface area contributed by atoms with Gasteiger partial charge in [0.2, 0.25) is 0 Å². The van der Waals surface area contributed by atoms with Gasteiger partial charge in [0, 0.05) is 7.05 Å². The second-order valence-electron chi connectivity index (χ2n) is 2.96. The van der Waals surface area contributed by atoms with E-state index in [2.05, 4.69) is 4.98 Å². The number of hydrogen-bond acceptors (Lipinski definition) is 3. The Balaban J connectivity index is 2.82. The molecule has 14 heavy (non-hydrogen) atoms. The van der Waals surface area contributed by atoms with Gasteiger partial charge in [-0.1, -0.05) is 0 Å². The van der Waals surface area contributed by atoms with Crippen LogP contribution in [-0.2, 0) is 7.05 Å². The molecule has 0 radical (unpaired) electrons. The third-order valence-corrected chi connectivity index (χ3v) is 2.15. The zero-order valence-electron chi connectivity index (χ0n) is 7.56. The number of aryl methyl sites for hydroxylation is 1. The molecule has 0 N–H and O–H groups in total. The number of carbonyl (C=O) groups excluding carboxylic acids is 1. The Kier molecular flexibility index (Phi) is 1.79. The van der Waals surface area contributed by atoms with Crippen LogP contribution in [0.4, 0.5) is 0 Å². The first kappa shape index (κ1) is 8.45. The summed E-state index contributed by atoms with van der Waals surface area (Å²) in [6, 6.07) is 7.18. The Morgan fingerprint density at radius 1 is 1.57 bits per heavy atom. The molecule has 0 bridgehead atoms. The fourth-order valence-corrected chi connectivity index (χ4v) is 1.38. The van der Waals surface area contributed by atoms with E-state index in [9.17, 15) is 4.79 Å². The Labute approximate surface area is 80.4 Å². The maximum absolute atomic E-state index is 10.6. The summed E-state index contributed by atoms with van der Waals surface area (Å²) in [4.78, 5) is 14.7. The van der Waals surface area contributed by atoms with Crippen LogP contribution < -0.4 is 0 Å². The van der Waals surface area contributed by atoms with Gasteiger partial charge in [0.25, 0.3) is 0 Å². The molecule has 0 saturated heterocycles. The van der Waals surface area contributed by atoms with Crippen LogP contribution in [0.3, 0.4) is 0 Å². The predicted molar refractivity (Wildman–Crippen MR) is 50.8 cm³/mol. The molecule has 1 aromatic carbocycles. The van der Waals surface area contributed by atoms with Crippen molar-refractivity contribution in [3.8, 4) is 6.07 Å². The number of fused-ring (bicyclic) bond motifs is 1. The molecule has 0 amide bonds. The van der Waals surface area contributed by atoms with Crippen molar-refractivity contribution in [2.45, 2.75) is 0 Å². The standard InChI is InChI=1S/C10H7N3O/c1-13-9-4-7(5-11)2-3-8(9)12-10(13)6-14/h2-4,6H,1H3. The molecule has 2 aromatic rings. The van der Waals surface area contributed by atoms with Crippen LogP contribution in [0.5, 0.6) is 0 Å². The first-order valence-corrected chi connectivity index (χ1v) is 4.08. The van der Waals surface area contributed by atoms with Crippen molar-refractivity contribution in [1.29, 1.82) is 5.26 Å². The third kappa shape index (κ3) is 1.07. The number of imidazole rings is 1. The van der Waals surface area contributed by atoms with E-state index < -0.39 is 0 Å². The van der Waals surface area contributed by atoms with Crippen molar-refractivity contribution in [2.24, 2.45) is 7.05 Å². The van der Waals surface area contributed by atoms with Crippen molar-refractivity contribution in [1.82, 2.24) is 9.55 Å². The minimum atomic E-state index is 0.370. The Morgan fingerprint density at radius 3 is 3.00 bits per heavy atom. The highest BCUT2D eigenvalue weighted by Crippen LogP contribution is 2.15. The molecule has 0 aliphatic heterocycles. The molecular formula is C10H7N3O. The topological polar surface area (TPSA) is 58.7 Å². The number of aldehydes is 1. The molecule has 0 unspecified atom stereocenters. The van der Waals surface area contributed by atoms with Gasteiger partial charge in [-0.25, -0.2) is 4.98 Å². The number of nitrogens with zero attached hydrogens (tertiary/aromatic N) is 3. The normalized spacial score (nSPS) is 10.0. The summed E-state index contributed by atoms with van der Waals surface area (Å²) in [7, 11) is 1.75. The van der Waals surface area contributed by atoms with E-state index in [0.717, 1.165) is 11.0 Å². The van der Waals surface area contributed by atoms with Gasteiger partial charge in [0.15, 0.2) is 12.1 Å². The van der Waals surface area contributed by atoms with Crippen molar-refractivity contribution >= 4 is 17.3 Å². The second kappa shape index (κ2) is 2.96. The van der Waals surface area contributed by atoms with Crippen LogP contribution in [0.25, 0.3) is 11.0 Å². The van der Waals surface area contributed by atoms with Crippen LogP contribution in [0.1, 0.15) is 16.2 Å². The molecule has 1 heterocycles. The monoisotopic (exact) mass is 185 g/mol. The highest BCUT2D eigenvalue weighted by atomic mass is 16.1. The van der Waals surface area contributed by atoms with Crippen LogP contribution in [-0.4, -0.2) is 15.8 Å². The number of aromatic nitrogens is 2. The average Bonchev–Trinajstić information content (AvgIpc) is 2.55. The highest BCUT2D eigenvalue weighted by Gasteiger charge is 2.06. The Morgan fingerprint density at radius 2 is 2.36 bits per heavy atom. The van der Waals surface area contributed by atoms with Gasteiger partial charge in [0.1, 0.15) is 0 Å². The van der Waals surface area contributed by atoms with Gasteiger partial charge in [-0.05, 0) is 18.2 Å². The molecule has 0 spiro atoms. The first-order valence-electron chi connectivity index (χ1n) is 4.08. The fraction of sp³-hybridized carbons (Fsp3) is 0.100. The minimum Gasteiger partial charge on any atom is -0.325 e. The number of carbonyl (C=O) groups is 1. The van der Waals surface area contributed by atoms with Gasteiger partial charge < -0.3 is 4.57 Å². The first-order chi connectivity index (χ1) is 6.76. The molecule has 0 aliphatic carbocycles. The van der Waals surface area contributed by atoms with Gasteiger partial charge in [-0.3, -0.25) is 4.79 Å². The minimum absolute atomic E-state index is 0.370. The molecule has 68 valence electrons. The van der Waals surface area contributed by atoms with Gasteiger partial charge in [0.05, 0.1) is 22.7 Å². The summed E-state index contributed by atoms with van der Waals surface area (Å²) < 4.78 is 1.67. The second-order valence-corrected chi connectivity index (χ2v) is 2.96. The number of rotatable bonds is 1. The summed E-state index contributed by atoms with van der Waals surface area (Å²) in [5.74, 6) is 0.370.